The first-order valence-corrected chi connectivity index (χ1v) is 10.4. The lowest BCUT2D eigenvalue weighted by molar-refractivity contribution is -0.137. The molecule has 1 unspecified atom stereocenters. The molecule has 0 saturated carbocycles. The highest BCUT2D eigenvalue weighted by Gasteiger charge is 2.32. The lowest BCUT2D eigenvalue weighted by Gasteiger charge is -2.22. The Morgan fingerprint density at radius 1 is 1.10 bits per heavy atom. The normalized spacial score (nSPS) is 20.2. The fourth-order valence-corrected chi connectivity index (χ4v) is 4.18. The fraction of sp³-hybridized carbons (Fsp3) is 0.571. The zero-order chi connectivity index (χ0) is 21.1. The second kappa shape index (κ2) is 8.75. The van der Waals surface area contributed by atoms with Crippen molar-refractivity contribution in [2.24, 2.45) is 0 Å². The van der Waals surface area contributed by atoms with Gasteiger partial charge in [0, 0.05) is 32.5 Å². The first-order valence-electron chi connectivity index (χ1n) is 10.4. The van der Waals surface area contributed by atoms with Gasteiger partial charge in [0.2, 0.25) is 11.8 Å². The van der Waals surface area contributed by atoms with E-state index in [1.54, 1.807) is 0 Å². The molecule has 0 bridgehead atoms. The van der Waals surface area contributed by atoms with E-state index in [1.165, 1.54) is 12.1 Å². The number of amides is 1. The van der Waals surface area contributed by atoms with Gasteiger partial charge < -0.3 is 9.42 Å². The fourth-order valence-electron chi connectivity index (χ4n) is 4.18. The van der Waals surface area contributed by atoms with Crippen LogP contribution in [-0.4, -0.2) is 45.5 Å². The molecule has 0 radical (unpaired) electrons. The van der Waals surface area contributed by atoms with Crippen LogP contribution >= 0.6 is 0 Å². The molecule has 9 heteroatoms. The number of hydrogen-bond acceptors (Lipinski definition) is 5. The van der Waals surface area contributed by atoms with Crippen LogP contribution in [0.25, 0.3) is 0 Å². The minimum atomic E-state index is -4.33. The third-order valence-electron chi connectivity index (χ3n) is 5.82. The van der Waals surface area contributed by atoms with Gasteiger partial charge in [-0.15, -0.1) is 0 Å². The zero-order valence-corrected chi connectivity index (χ0v) is 16.7. The Morgan fingerprint density at radius 3 is 2.53 bits per heavy atom. The van der Waals surface area contributed by atoms with Crippen molar-refractivity contribution in [3.63, 3.8) is 0 Å². The lowest BCUT2D eigenvalue weighted by atomic mass is 10.1. The van der Waals surface area contributed by atoms with Crippen LogP contribution in [-0.2, 0) is 23.9 Å². The van der Waals surface area contributed by atoms with E-state index in [2.05, 4.69) is 15.0 Å². The third kappa shape index (κ3) is 4.83. The second-order valence-corrected chi connectivity index (χ2v) is 7.96. The quantitative estimate of drug-likeness (QED) is 0.705. The van der Waals surface area contributed by atoms with Crippen molar-refractivity contribution in [1.82, 2.24) is 19.9 Å². The van der Waals surface area contributed by atoms with E-state index < -0.39 is 11.7 Å². The molecule has 2 aliphatic heterocycles. The average Bonchev–Trinajstić information content (AvgIpc) is 3.47. The van der Waals surface area contributed by atoms with Crippen LogP contribution in [0.15, 0.2) is 28.8 Å². The van der Waals surface area contributed by atoms with Crippen molar-refractivity contribution in [3.8, 4) is 0 Å². The van der Waals surface area contributed by atoms with E-state index in [0.717, 1.165) is 63.0 Å². The minimum absolute atomic E-state index is 0.0286. The summed E-state index contributed by atoms with van der Waals surface area (Å²) in [6.45, 7) is 3.01. The number of benzene rings is 1. The summed E-state index contributed by atoms with van der Waals surface area (Å²) in [6.07, 6.45) is 0.413. The van der Waals surface area contributed by atoms with Gasteiger partial charge in [0.25, 0.3) is 0 Å². The molecule has 1 atom stereocenters. The molecule has 2 aliphatic rings. The summed E-state index contributed by atoms with van der Waals surface area (Å²) in [4.78, 5) is 20.7. The van der Waals surface area contributed by atoms with Gasteiger partial charge in [-0.05, 0) is 49.9 Å². The molecule has 6 nitrogen and oxygen atoms in total. The number of rotatable bonds is 6. The number of hydrogen-bond donors (Lipinski definition) is 0. The van der Waals surface area contributed by atoms with Gasteiger partial charge in [-0.3, -0.25) is 9.69 Å². The van der Waals surface area contributed by atoms with Crippen molar-refractivity contribution in [2.45, 2.75) is 57.3 Å². The maximum atomic E-state index is 12.7. The average molecular weight is 422 g/mol. The van der Waals surface area contributed by atoms with Crippen molar-refractivity contribution in [3.05, 3.63) is 47.1 Å². The molecule has 0 N–H and O–H groups in total. The number of nitrogens with zero attached hydrogens (tertiary/aromatic N) is 4. The van der Waals surface area contributed by atoms with Crippen molar-refractivity contribution < 1.29 is 22.5 Å². The predicted molar refractivity (Wildman–Crippen MR) is 102 cm³/mol. The summed E-state index contributed by atoms with van der Waals surface area (Å²) in [6, 6.07) is 5.24. The van der Waals surface area contributed by atoms with Gasteiger partial charge in [-0.1, -0.05) is 17.3 Å². The van der Waals surface area contributed by atoms with Gasteiger partial charge in [0.1, 0.15) is 0 Å². The van der Waals surface area contributed by atoms with E-state index >= 15 is 0 Å². The second-order valence-electron chi connectivity index (χ2n) is 7.96. The van der Waals surface area contributed by atoms with E-state index in [9.17, 15) is 18.0 Å². The summed E-state index contributed by atoms with van der Waals surface area (Å²) in [7, 11) is 0. The van der Waals surface area contributed by atoms with Crippen LogP contribution in [0.5, 0.6) is 0 Å². The Morgan fingerprint density at radius 2 is 1.83 bits per heavy atom. The van der Waals surface area contributed by atoms with Gasteiger partial charge in [-0.25, -0.2) is 0 Å². The highest BCUT2D eigenvalue weighted by atomic mass is 19.4. The monoisotopic (exact) mass is 422 g/mol. The predicted octanol–water partition coefficient (Wildman–Crippen LogP) is 3.98. The minimum Gasteiger partial charge on any atom is -0.343 e. The maximum absolute atomic E-state index is 12.7. The van der Waals surface area contributed by atoms with Crippen LogP contribution in [0.1, 0.15) is 61.0 Å². The number of carbonyl (C=O) groups excluding carboxylic acids is 1. The molecule has 1 aromatic carbocycles. The molecule has 2 fully saturated rings. The van der Waals surface area contributed by atoms with E-state index in [0.29, 0.717) is 31.1 Å². The topological polar surface area (TPSA) is 62.5 Å². The van der Waals surface area contributed by atoms with Crippen LogP contribution in [0.3, 0.4) is 0 Å². The maximum Gasteiger partial charge on any atom is 0.416 e. The molecule has 162 valence electrons. The summed E-state index contributed by atoms with van der Waals surface area (Å²) < 4.78 is 43.6. The van der Waals surface area contributed by atoms with Crippen LogP contribution in [0, 0.1) is 0 Å². The van der Waals surface area contributed by atoms with Crippen molar-refractivity contribution in [2.75, 3.05) is 19.6 Å². The summed E-state index contributed by atoms with van der Waals surface area (Å²) in [5.74, 6) is 1.17. The number of likely N-dealkylation sites (tertiary alicyclic amines) is 2. The van der Waals surface area contributed by atoms with Crippen LogP contribution in [0.4, 0.5) is 13.2 Å². The van der Waals surface area contributed by atoms with Crippen LogP contribution in [0.2, 0.25) is 0 Å². The molecule has 0 aliphatic carbocycles. The number of carbonyl (C=O) groups is 1. The number of halogens is 3. The molecule has 0 spiro atoms. The van der Waals surface area contributed by atoms with E-state index in [-0.39, 0.29) is 11.9 Å². The third-order valence-corrected chi connectivity index (χ3v) is 5.82. The van der Waals surface area contributed by atoms with Gasteiger partial charge in [0.05, 0.1) is 11.6 Å². The first kappa shape index (κ1) is 20.8. The summed E-state index contributed by atoms with van der Waals surface area (Å²) in [5.41, 5.74) is 0.172. The van der Waals surface area contributed by atoms with Gasteiger partial charge in [-0.2, -0.15) is 18.2 Å². The summed E-state index contributed by atoms with van der Waals surface area (Å²) in [5, 5.41) is 4.11. The van der Waals surface area contributed by atoms with Gasteiger partial charge in [0.15, 0.2) is 5.82 Å². The smallest absolute Gasteiger partial charge is 0.343 e. The largest absolute Gasteiger partial charge is 0.416 e. The summed E-state index contributed by atoms with van der Waals surface area (Å²) >= 11 is 0. The molecule has 2 aromatic rings. The highest BCUT2D eigenvalue weighted by molar-refractivity contribution is 5.76. The first-order chi connectivity index (χ1) is 14.4. The Kier molecular flexibility index (Phi) is 6.08. The molecule has 1 aromatic heterocycles. The Bertz CT molecular complexity index is 860. The Hall–Kier alpha value is -2.42. The lowest BCUT2D eigenvalue weighted by Crippen LogP contribution is -2.27. The molecule has 2 saturated heterocycles. The molecule has 30 heavy (non-hydrogen) atoms. The molecule has 1 amide bonds. The van der Waals surface area contributed by atoms with Crippen LogP contribution < -0.4 is 0 Å². The molecule has 3 heterocycles. The van der Waals surface area contributed by atoms with E-state index in [4.69, 9.17) is 4.52 Å². The van der Waals surface area contributed by atoms with E-state index in [1.807, 2.05) is 4.90 Å². The van der Waals surface area contributed by atoms with Crippen molar-refractivity contribution >= 4 is 5.91 Å². The highest BCUT2D eigenvalue weighted by Crippen LogP contribution is 2.33. The number of alkyl halides is 3. The Balaban J connectivity index is 1.35. The molecular formula is C21H25F3N4O2. The van der Waals surface area contributed by atoms with Crippen molar-refractivity contribution in [1.29, 1.82) is 0 Å². The SMILES string of the molecule is O=C(CCc1nc(C2CCCN2Cc2ccc(C(F)(F)F)cc2)no1)N1CCCC1. The molecule has 4 rings (SSSR count). The standard InChI is InChI=1S/C21H25F3N4O2/c22-21(23,24)16-7-5-15(6-8-16)14-28-13-3-4-17(28)20-25-18(30-26-20)9-10-19(29)27-11-1-2-12-27/h5-8,17H,1-4,9-14H2. The van der Waals surface area contributed by atoms with Gasteiger partial charge >= 0.3 is 6.18 Å². The number of aromatic nitrogens is 2. The zero-order valence-electron chi connectivity index (χ0n) is 16.7. The number of aryl methyl sites for hydroxylation is 1. The molecular weight excluding hydrogens is 397 g/mol. The Labute approximate surface area is 173 Å².